The predicted molar refractivity (Wildman–Crippen MR) is 52.5 cm³/mol. The average molecular weight is 216 g/mol. The second-order valence-corrected chi connectivity index (χ2v) is 3.38. The summed E-state index contributed by atoms with van der Waals surface area (Å²) >= 11 is 0. The molecule has 0 spiro atoms. The number of carboxylic acid groups (broad SMARTS) is 1. The second-order valence-electron chi connectivity index (χ2n) is 3.38. The van der Waals surface area contributed by atoms with E-state index in [9.17, 15) is 9.59 Å². The van der Waals surface area contributed by atoms with E-state index in [1.165, 1.54) is 7.05 Å². The van der Waals surface area contributed by atoms with Crippen LogP contribution in [0.3, 0.4) is 0 Å². The van der Waals surface area contributed by atoms with Gasteiger partial charge in [-0.2, -0.15) is 0 Å². The maximum atomic E-state index is 11.6. The first-order valence-electron chi connectivity index (χ1n) is 4.90. The van der Waals surface area contributed by atoms with Crippen LogP contribution in [-0.4, -0.2) is 61.3 Å². The molecule has 0 aromatic carbocycles. The predicted octanol–water partition coefficient (Wildman–Crippen LogP) is -1.09. The number of hydrogen-bond acceptors (Lipinski definition) is 4. The quantitative estimate of drug-likeness (QED) is 0.624. The number of rotatable bonds is 4. The standard InChI is InChI=1S/C9H16N2O4/c1-10-7(9(13)14)6-8(12)11-2-4-15-5-3-11/h7,10H,2-6H2,1H3,(H,13,14)/t7-/m0/s1. The van der Waals surface area contributed by atoms with Crippen LogP contribution in [0.15, 0.2) is 0 Å². The van der Waals surface area contributed by atoms with Crippen molar-refractivity contribution < 1.29 is 19.4 Å². The average Bonchev–Trinajstić information content (AvgIpc) is 2.26. The molecule has 1 aliphatic rings. The summed E-state index contributed by atoms with van der Waals surface area (Å²) < 4.78 is 5.10. The van der Waals surface area contributed by atoms with Gasteiger partial charge in [-0.05, 0) is 7.05 Å². The lowest BCUT2D eigenvalue weighted by molar-refractivity contribution is -0.144. The van der Waals surface area contributed by atoms with Gasteiger partial charge >= 0.3 is 5.97 Å². The molecule has 1 heterocycles. The van der Waals surface area contributed by atoms with Crippen molar-refractivity contribution in [1.82, 2.24) is 10.2 Å². The fraction of sp³-hybridized carbons (Fsp3) is 0.778. The number of ether oxygens (including phenoxy) is 1. The summed E-state index contributed by atoms with van der Waals surface area (Å²) in [6, 6.07) is -0.805. The van der Waals surface area contributed by atoms with Crippen LogP contribution in [0.5, 0.6) is 0 Å². The lowest BCUT2D eigenvalue weighted by atomic mass is 10.2. The molecule has 0 aliphatic carbocycles. The molecule has 15 heavy (non-hydrogen) atoms. The Morgan fingerprint density at radius 3 is 2.53 bits per heavy atom. The molecule has 1 fully saturated rings. The van der Waals surface area contributed by atoms with Gasteiger partial charge in [0.05, 0.1) is 19.6 Å². The number of hydrogen-bond donors (Lipinski definition) is 2. The van der Waals surface area contributed by atoms with E-state index in [2.05, 4.69) is 5.32 Å². The lowest BCUT2D eigenvalue weighted by Gasteiger charge is -2.27. The van der Waals surface area contributed by atoms with Gasteiger partial charge in [-0.25, -0.2) is 0 Å². The zero-order valence-electron chi connectivity index (χ0n) is 8.73. The molecule has 1 atom stereocenters. The van der Waals surface area contributed by atoms with E-state index in [0.29, 0.717) is 26.3 Å². The lowest BCUT2D eigenvalue weighted by Crippen LogP contribution is -2.45. The number of carbonyl (C=O) groups excluding carboxylic acids is 1. The van der Waals surface area contributed by atoms with Gasteiger partial charge in [-0.1, -0.05) is 0 Å². The van der Waals surface area contributed by atoms with E-state index in [1.807, 2.05) is 0 Å². The van der Waals surface area contributed by atoms with Crippen molar-refractivity contribution in [3.63, 3.8) is 0 Å². The van der Waals surface area contributed by atoms with Crippen LogP contribution in [0.2, 0.25) is 0 Å². The maximum absolute atomic E-state index is 11.6. The molecule has 1 rings (SSSR count). The first kappa shape index (κ1) is 11.9. The zero-order chi connectivity index (χ0) is 11.3. The third kappa shape index (κ3) is 3.49. The van der Waals surface area contributed by atoms with Crippen molar-refractivity contribution in [2.45, 2.75) is 12.5 Å². The topological polar surface area (TPSA) is 78.9 Å². The highest BCUT2D eigenvalue weighted by Gasteiger charge is 2.23. The Labute approximate surface area is 88.2 Å². The van der Waals surface area contributed by atoms with Gasteiger partial charge in [-0.15, -0.1) is 0 Å². The Morgan fingerprint density at radius 2 is 2.07 bits per heavy atom. The van der Waals surface area contributed by atoms with Crippen LogP contribution >= 0.6 is 0 Å². The fourth-order valence-corrected chi connectivity index (χ4v) is 1.43. The van der Waals surface area contributed by atoms with E-state index in [0.717, 1.165) is 0 Å². The van der Waals surface area contributed by atoms with Gasteiger partial charge < -0.3 is 20.1 Å². The summed E-state index contributed by atoms with van der Waals surface area (Å²) in [6.45, 7) is 2.16. The number of likely N-dealkylation sites (N-methyl/N-ethyl adjacent to an activating group) is 1. The third-order valence-corrected chi connectivity index (χ3v) is 2.39. The molecular weight excluding hydrogens is 200 g/mol. The van der Waals surface area contributed by atoms with E-state index in [4.69, 9.17) is 9.84 Å². The van der Waals surface area contributed by atoms with Gasteiger partial charge in [0.1, 0.15) is 6.04 Å². The summed E-state index contributed by atoms with van der Waals surface area (Å²) in [7, 11) is 1.53. The van der Waals surface area contributed by atoms with Gasteiger partial charge in [0.15, 0.2) is 0 Å². The van der Waals surface area contributed by atoms with Gasteiger partial charge in [0, 0.05) is 13.1 Å². The van der Waals surface area contributed by atoms with Gasteiger partial charge in [0.25, 0.3) is 0 Å². The van der Waals surface area contributed by atoms with Crippen molar-refractivity contribution >= 4 is 11.9 Å². The summed E-state index contributed by atoms with van der Waals surface area (Å²) in [5, 5.41) is 11.4. The number of carbonyl (C=O) groups is 2. The van der Waals surface area contributed by atoms with Crippen LogP contribution in [0.1, 0.15) is 6.42 Å². The Kier molecular flexibility index (Phi) is 4.51. The molecule has 6 heteroatoms. The highest BCUT2D eigenvalue weighted by atomic mass is 16.5. The zero-order valence-corrected chi connectivity index (χ0v) is 8.73. The van der Waals surface area contributed by atoms with Crippen molar-refractivity contribution in [3.05, 3.63) is 0 Å². The molecule has 0 bridgehead atoms. The number of amides is 1. The molecule has 6 nitrogen and oxygen atoms in total. The Hall–Kier alpha value is -1.14. The van der Waals surface area contributed by atoms with Crippen molar-refractivity contribution in [2.24, 2.45) is 0 Å². The van der Waals surface area contributed by atoms with Gasteiger partial charge in [0.2, 0.25) is 5.91 Å². The monoisotopic (exact) mass is 216 g/mol. The van der Waals surface area contributed by atoms with Gasteiger partial charge in [-0.3, -0.25) is 9.59 Å². The summed E-state index contributed by atoms with van der Waals surface area (Å²) in [6.07, 6.45) is -0.00810. The molecular formula is C9H16N2O4. The minimum atomic E-state index is -1.00. The molecule has 2 N–H and O–H groups in total. The molecule has 1 aliphatic heterocycles. The van der Waals surface area contributed by atoms with E-state index in [-0.39, 0.29) is 12.3 Å². The first-order valence-corrected chi connectivity index (χ1v) is 4.90. The minimum absolute atomic E-state index is 0.00810. The fourth-order valence-electron chi connectivity index (χ4n) is 1.43. The van der Waals surface area contributed by atoms with Crippen molar-refractivity contribution in [3.8, 4) is 0 Å². The Morgan fingerprint density at radius 1 is 1.47 bits per heavy atom. The molecule has 0 aromatic heterocycles. The van der Waals surface area contributed by atoms with Crippen LogP contribution in [0, 0.1) is 0 Å². The highest BCUT2D eigenvalue weighted by molar-refractivity contribution is 5.84. The largest absolute Gasteiger partial charge is 0.480 e. The smallest absolute Gasteiger partial charge is 0.321 e. The van der Waals surface area contributed by atoms with E-state index in [1.54, 1.807) is 4.90 Å². The maximum Gasteiger partial charge on any atom is 0.321 e. The first-order chi connectivity index (χ1) is 7.15. The molecule has 0 radical (unpaired) electrons. The van der Waals surface area contributed by atoms with Crippen LogP contribution in [-0.2, 0) is 14.3 Å². The van der Waals surface area contributed by atoms with Crippen molar-refractivity contribution in [1.29, 1.82) is 0 Å². The number of carboxylic acids is 1. The van der Waals surface area contributed by atoms with Crippen LogP contribution < -0.4 is 5.32 Å². The molecule has 1 amide bonds. The summed E-state index contributed by atoms with van der Waals surface area (Å²) in [4.78, 5) is 24.0. The Balaban J connectivity index is 2.42. The normalized spacial score (nSPS) is 18.6. The SMILES string of the molecule is CN[C@@H](CC(=O)N1CCOCC1)C(=O)O. The number of morpholine rings is 1. The third-order valence-electron chi connectivity index (χ3n) is 2.39. The number of aliphatic carboxylic acids is 1. The summed E-state index contributed by atoms with van der Waals surface area (Å²) in [5.74, 6) is -1.14. The molecule has 0 unspecified atom stereocenters. The Bertz CT molecular complexity index is 238. The minimum Gasteiger partial charge on any atom is -0.480 e. The van der Waals surface area contributed by atoms with Crippen molar-refractivity contribution in [2.75, 3.05) is 33.4 Å². The van der Waals surface area contributed by atoms with E-state index >= 15 is 0 Å². The number of nitrogens with one attached hydrogen (secondary N) is 1. The summed E-state index contributed by atoms with van der Waals surface area (Å²) in [5.41, 5.74) is 0. The second kappa shape index (κ2) is 5.67. The molecule has 0 aromatic rings. The molecule has 0 saturated carbocycles. The van der Waals surface area contributed by atoms with Crippen LogP contribution in [0.4, 0.5) is 0 Å². The molecule has 86 valence electrons. The highest BCUT2D eigenvalue weighted by Crippen LogP contribution is 2.02. The van der Waals surface area contributed by atoms with Crippen LogP contribution in [0.25, 0.3) is 0 Å². The molecule has 1 saturated heterocycles. The van der Waals surface area contributed by atoms with E-state index < -0.39 is 12.0 Å². The number of nitrogens with zero attached hydrogens (tertiary/aromatic N) is 1.